The van der Waals surface area contributed by atoms with Gasteiger partial charge in [-0.25, -0.2) is 0 Å². The van der Waals surface area contributed by atoms with E-state index in [0.717, 1.165) is 11.8 Å². The molecule has 64 valence electrons. The quantitative estimate of drug-likeness (QED) is 0.608. The highest BCUT2D eigenvalue weighted by Gasteiger charge is 2.46. The largest absolute Gasteiger partial charge is 0.316 e. The highest BCUT2D eigenvalue weighted by molar-refractivity contribution is 4.98. The van der Waals surface area contributed by atoms with Crippen molar-refractivity contribution in [2.75, 3.05) is 13.1 Å². The van der Waals surface area contributed by atoms with Crippen LogP contribution in [0.2, 0.25) is 0 Å². The molecule has 0 amide bonds. The molecule has 0 spiro atoms. The molecule has 0 aromatic heterocycles. The van der Waals surface area contributed by atoms with Crippen LogP contribution in [0.25, 0.3) is 0 Å². The van der Waals surface area contributed by atoms with Crippen LogP contribution >= 0.6 is 0 Å². The second-order valence-electron chi connectivity index (χ2n) is 4.49. The fourth-order valence-corrected chi connectivity index (χ4v) is 3.07. The van der Waals surface area contributed by atoms with E-state index < -0.39 is 0 Å². The van der Waals surface area contributed by atoms with Crippen LogP contribution in [0.4, 0.5) is 0 Å². The van der Waals surface area contributed by atoms with E-state index in [1.54, 1.807) is 0 Å². The van der Waals surface area contributed by atoms with E-state index in [1.165, 1.54) is 32.4 Å². The van der Waals surface area contributed by atoms with Gasteiger partial charge in [0.15, 0.2) is 0 Å². The van der Waals surface area contributed by atoms with Crippen molar-refractivity contribution in [1.29, 1.82) is 0 Å². The molecule has 1 aliphatic carbocycles. The van der Waals surface area contributed by atoms with Crippen LogP contribution in [0, 0.1) is 17.3 Å². The summed E-state index contributed by atoms with van der Waals surface area (Å²) in [6, 6.07) is 0. The monoisotopic (exact) mass is 153 g/mol. The molecular weight excluding hydrogens is 134 g/mol. The molecule has 2 bridgehead atoms. The van der Waals surface area contributed by atoms with Crippen molar-refractivity contribution in [3.8, 4) is 0 Å². The van der Waals surface area contributed by atoms with Crippen LogP contribution in [0.1, 0.15) is 33.1 Å². The van der Waals surface area contributed by atoms with Crippen LogP contribution in [0.15, 0.2) is 0 Å². The van der Waals surface area contributed by atoms with Crippen molar-refractivity contribution < 1.29 is 0 Å². The van der Waals surface area contributed by atoms with E-state index >= 15 is 0 Å². The zero-order valence-electron chi connectivity index (χ0n) is 7.69. The molecule has 2 atom stereocenters. The van der Waals surface area contributed by atoms with Gasteiger partial charge in [-0.15, -0.1) is 0 Å². The summed E-state index contributed by atoms with van der Waals surface area (Å²) in [5.41, 5.74) is 0.686. The maximum atomic E-state index is 3.54. The van der Waals surface area contributed by atoms with Gasteiger partial charge in [0.25, 0.3) is 0 Å². The summed E-state index contributed by atoms with van der Waals surface area (Å²) in [6.45, 7) is 7.41. The lowest BCUT2D eigenvalue weighted by atomic mass is 9.70. The molecule has 1 aliphatic heterocycles. The molecule has 0 aromatic rings. The van der Waals surface area contributed by atoms with Crippen LogP contribution in [0.5, 0.6) is 0 Å². The molecule has 0 radical (unpaired) electrons. The second-order valence-corrected chi connectivity index (χ2v) is 4.49. The van der Waals surface area contributed by atoms with Crippen molar-refractivity contribution in [2.45, 2.75) is 33.1 Å². The Morgan fingerprint density at radius 3 is 2.18 bits per heavy atom. The van der Waals surface area contributed by atoms with Gasteiger partial charge in [0, 0.05) is 0 Å². The van der Waals surface area contributed by atoms with E-state index in [0.29, 0.717) is 5.41 Å². The number of hydrogen-bond donors (Lipinski definition) is 1. The van der Waals surface area contributed by atoms with E-state index in [2.05, 4.69) is 19.2 Å². The standard InChI is InChI=1S/C10H19N/c1-3-10(2)8-4-5-9(10)7-11-6-8/h8-9,11H,3-7H2,1-2H3. The fraction of sp³-hybridized carbons (Fsp3) is 1.00. The SMILES string of the molecule is CCC1(C)C2CCC1CNC2. The summed E-state index contributed by atoms with van der Waals surface area (Å²) in [4.78, 5) is 0. The van der Waals surface area contributed by atoms with Crippen LogP contribution in [0.3, 0.4) is 0 Å². The topological polar surface area (TPSA) is 12.0 Å². The molecule has 0 aromatic carbocycles. The van der Waals surface area contributed by atoms with Gasteiger partial charge in [-0.2, -0.15) is 0 Å². The number of nitrogens with one attached hydrogen (secondary N) is 1. The lowest BCUT2D eigenvalue weighted by molar-refractivity contribution is 0.112. The third-order valence-electron chi connectivity index (χ3n) is 4.27. The van der Waals surface area contributed by atoms with Crippen molar-refractivity contribution in [1.82, 2.24) is 5.32 Å². The van der Waals surface area contributed by atoms with Crippen molar-refractivity contribution in [3.05, 3.63) is 0 Å². The number of fused-ring (bicyclic) bond motifs is 2. The van der Waals surface area contributed by atoms with E-state index in [4.69, 9.17) is 0 Å². The summed E-state index contributed by atoms with van der Waals surface area (Å²) in [5, 5.41) is 3.54. The van der Waals surface area contributed by atoms with Gasteiger partial charge >= 0.3 is 0 Å². The first-order valence-corrected chi connectivity index (χ1v) is 4.98. The fourth-order valence-electron chi connectivity index (χ4n) is 3.07. The van der Waals surface area contributed by atoms with Crippen LogP contribution in [-0.2, 0) is 0 Å². The lowest BCUT2D eigenvalue weighted by Gasteiger charge is -2.40. The molecule has 1 saturated heterocycles. The Bertz CT molecular complexity index is 137. The molecule has 1 saturated carbocycles. The summed E-state index contributed by atoms with van der Waals surface area (Å²) in [5.74, 6) is 1.96. The average molecular weight is 153 g/mol. The molecule has 1 heteroatoms. The predicted molar refractivity (Wildman–Crippen MR) is 47.5 cm³/mol. The molecule has 2 rings (SSSR count). The first-order chi connectivity index (χ1) is 5.27. The number of piperidine rings is 1. The van der Waals surface area contributed by atoms with Gasteiger partial charge in [-0.1, -0.05) is 20.3 Å². The Morgan fingerprint density at radius 1 is 1.27 bits per heavy atom. The zero-order valence-corrected chi connectivity index (χ0v) is 7.69. The normalized spacial score (nSPS) is 49.6. The summed E-state index contributed by atoms with van der Waals surface area (Å²) >= 11 is 0. The maximum absolute atomic E-state index is 3.54. The highest BCUT2D eigenvalue weighted by atomic mass is 14.9. The van der Waals surface area contributed by atoms with Crippen molar-refractivity contribution >= 4 is 0 Å². The number of hydrogen-bond acceptors (Lipinski definition) is 1. The predicted octanol–water partition coefficient (Wildman–Crippen LogP) is 2.03. The van der Waals surface area contributed by atoms with Gasteiger partial charge in [-0.3, -0.25) is 0 Å². The van der Waals surface area contributed by atoms with Gasteiger partial charge in [0.2, 0.25) is 0 Å². The molecule has 1 heterocycles. The average Bonchev–Trinajstić information content (AvgIpc) is 2.29. The summed E-state index contributed by atoms with van der Waals surface area (Å²) in [6.07, 6.45) is 4.33. The summed E-state index contributed by atoms with van der Waals surface area (Å²) < 4.78 is 0. The third-order valence-corrected chi connectivity index (χ3v) is 4.27. The van der Waals surface area contributed by atoms with Gasteiger partial charge in [0.1, 0.15) is 0 Å². The smallest absolute Gasteiger partial charge is 0.00151 e. The molecular formula is C10H19N. The minimum Gasteiger partial charge on any atom is -0.316 e. The molecule has 11 heavy (non-hydrogen) atoms. The Morgan fingerprint density at radius 2 is 1.82 bits per heavy atom. The van der Waals surface area contributed by atoms with Gasteiger partial charge in [0.05, 0.1) is 0 Å². The molecule has 1 nitrogen and oxygen atoms in total. The first-order valence-electron chi connectivity index (χ1n) is 4.98. The zero-order chi connectivity index (χ0) is 7.90. The first kappa shape index (κ1) is 7.60. The Balaban J connectivity index is 2.20. The van der Waals surface area contributed by atoms with Gasteiger partial charge in [-0.05, 0) is 43.2 Å². The third kappa shape index (κ3) is 0.936. The Labute approximate surface area is 69.6 Å². The second kappa shape index (κ2) is 2.48. The van der Waals surface area contributed by atoms with Crippen LogP contribution < -0.4 is 5.32 Å². The number of rotatable bonds is 1. The molecule has 2 aliphatic rings. The van der Waals surface area contributed by atoms with Crippen LogP contribution in [-0.4, -0.2) is 13.1 Å². The van der Waals surface area contributed by atoms with Crippen molar-refractivity contribution in [3.63, 3.8) is 0 Å². The summed E-state index contributed by atoms with van der Waals surface area (Å²) in [7, 11) is 0. The Hall–Kier alpha value is -0.0400. The highest BCUT2D eigenvalue weighted by Crippen LogP contribution is 2.51. The Kier molecular flexibility index (Phi) is 1.71. The lowest BCUT2D eigenvalue weighted by Crippen LogP contribution is -2.44. The van der Waals surface area contributed by atoms with Crippen molar-refractivity contribution in [2.24, 2.45) is 17.3 Å². The molecule has 1 N–H and O–H groups in total. The van der Waals surface area contributed by atoms with Gasteiger partial charge < -0.3 is 5.32 Å². The molecule has 2 fully saturated rings. The van der Waals surface area contributed by atoms with E-state index in [-0.39, 0.29) is 0 Å². The maximum Gasteiger partial charge on any atom is -0.00151 e. The molecule has 2 unspecified atom stereocenters. The minimum absolute atomic E-state index is 0.686. The van der Waals surface area contributed by atoms with E-state index in [9.17, 15) is 0 Å². The minimum atomic E-state index is 0.686. The van der Waals surface area contributed by atoms with E-state index in [1.807, 2.05) is 0 Å².